The van der Waals surface area contributed by atoms with Gasteiger partial charge in [-0.05, 0) is 37.8 Å². The number of nitrogens with two attached hydrogens (primary N) is 2. The van der Waals surface area contributed by atoms with Gasteiger partial charge >= 0.3 is 5.97 Å². The normalized spacial score (nSPS) is 13.0. The second kappa shape index (κ2) is 14.9. The standard InChI is InChI=1S/C22H36BrN5O4/c1-15(2)11-19(25)22(31)26-17(8-6-10-24)12-20(29)27-28(3)13-21(30)32-14-16-7-4-5-9-18(16)23/h4-5,7,9,15,17,19H,6,8,10-14,24-25H2,1-3H3,(H,26,31)(H,27,29). The first-order valence-corrected chi connectivity index (χ1v) is 11.6. The van der Waals surface area contributed by atoms with Crippen molar-refractivity contribution in [3.8, 4) is 0 Å². The van der Waals surface area contributed by atoms with E-state index in [0.29, 0.717) is 25.8 Å². The number of hydrogen-bond acceptors (Lipinski definition) is 7. The Bertz CT molecular complexity index is 747. The van der Waals surface area contributed by atoms with Crippen molar-refractivity contribution in [1.82, 2.24) is 15.8 Å². The highest BCUT2D eigenvalue weighted by atomic mass is 79.9. The van der Waals surface area contributed by atoms with Gasteiger partial charge in [0.15, 0.2) is 0 Å². The van der Waals surface area contributed by atoms with Gasteiger partial charge in [-0.1, -0.05) is 48.0 Å². The van der Waals surface area contributed by atoms with E-state index in [1.54, 1.807) is 7.05 Å². The molecule has 0 aliphatic heterocycles. The van der Waals surface area contributed by atoms with Crippen LogP contribution in [0.5, 0.6) is 0 Å². The van der Waals surface area contributed by atoms with Crippen molar-refractivity contribution >= 4 is 33.7 Å². The lowest BCUT2D eigenvalue weighted by Crippen LogP contribution is -2.49. The van der Waals surface area contributed by atoms with E-state index < -0.39 is 12.0 Å². The average molecular weight is 514 g/mol. The maximum atomic E-state index is 12.4. The number of carbonyl (C=O) groups is 3. The first kappa shape index (κ1) is 28.0. The Morgan fingerprint density at radius 3 is 2.53 bits per heavy atom. The Balaban J connectivity index is 2.49. The molecular formula is C22H36BrN5O4. The van der Waals surface area contributed by atoms with Crippen molar-refractivity contribution in [2.24, 2.45) is 17.4 Å². The number of hydrazine groups is 1. The first-order valence-electron chi connectivity index (χ1n) is 10.8. The molecule has 0 spiro atoms. The summed E-state index contributed by atoms with van der Waals surface area (Å²) < 4.78 is 6.11. The van der Waals surface area contributed by atoms with Gasteiger partial charge in [-0.2, -0.15) is 0 Å². The van der Waals surface area contributed by atoms with E-state index in [-0.39, 0.29) is 43.3 Å². The lowest BCUT2D eigenvalue weighted by Gasteiger charge is -2.23. The molecule has 1 rings (SSSR count). The third kappa shape index (κ3) is 11.6. The lowest BCUT2D eigenvalue weighted by atomic mass is 10.0. The fourth-order valence-corrected chi connectivity index (χ4v) is 3.45. The maximum Gasteiger partial charge on any atom is 0.322 e. The number of carbonyl (C=O) groups excluding carboxylic acids is 3. The maximum absolute atomic E-state index is 12.4. The number of nitrogens with one attached hydrogen (secondary N) is 2. The summed E-state index contributed by atoms with van der Waals surface area (Å²) in [6.07, 6.45) is 1.83. The van der Waals surface area contributed by atoms with E-state index in [4.69, 9.17) is 16.2 Å². The van der Waals surface area contributed by atoms with Gasteiger partial charge < -0.3 is 21.5 Å². The summed E-state index contributed by atoms with van der Waals surface area (Å²) in [6.45, 7) is 4.45. The molecule has 1 aromatic rings. The molecule has 0 aromatic heterocycles. The lowest BCUT2D eigenvalue weighted by molar-refractivity contribution is -0.147. The van der Waals surface area contributed by atoms with Gasteiger partial charge in [-0.15, -0.1) is 0 Å². The van der Waals surface area contributed by atoms with Crippen LogP contribution in [0.15, 0.2) is 28.7 Å². The van der Waals surface area contributed by atoms with E-state index >= 15 is 0 Å². The predicted molar refractivity (Wildman–Crippen MR) is 127 cm³/mol. The van der Waals surface area contributed by atoms with Gasteiger partial charge in [0, 0.05) is 29.5 Å². The highest BCUT2D eigenvalue weighted by Gasteiger charge is 2.21. The summed E-state index contributed by atoms with van der Waals surface area (Å²) in [5.41, 5.74) is 15.0. The topological polar surface area (TPSA) is 140 Å². The molecule has 6 N–H and O–H groups in total. The molecule has 1 aromatic carbocycles. The van der Waals surface area contributed by atoms with E-state index in [1.807, 2.05) is 38.1 Å². The smallest absolute Gasteiger partial charge is 0.322 e. The fourth-order valence-electron chi connectivity index (χ4n) is 3.05. The van der Waals surface area contributed by atoms with Gasteiger partial charge in [0.25, 0.3) is 0 Å². The second-order valence-electron chi connectivity index (χ2n) is 8.22. The minimum atomic E-state index is -0.625. The molecule has 2 unspecified atom stereocenters. The molecule has 0 fully saturated rings. The number of amides is 2. The van der Waals surface area contributed by atoms with Crippen LogP contribution in [0, 0.1) is 5.92 Å². The molecule has 2 atom stereocenters. The van der Waals surface area contributed by atoms with Crippen LogP contribution in [-0.4, -0.2) is 55.0 Å². The molecule has 180 valence electrons. The Morgan fingerprint density at radius 2 is 1.91 bits per heavy atom. The van der Waals surface area contributed by atoms with Crippen LogP contribution in [0.25, 0.3) is 0 Å². The van der Waals surface area contributed by atoms with Gasteiger partial charge in [0.2, 0.25) is 11.8 Å². The number of benzene rings is 1. The summed E-state index contributed by atoms with van der Waals surface area (Å²) in [5.74, 6) is -0.794. The van der Waals surface area contributed by atoms with Gasteiger partial charge in [0.1, 0.15) is 13.2 Å². The summed E-state index contributed by atoms with van der Waals surface area (Å²) in [7, 11) is 1.57. The molecule has 0 saturated carbocycles. The quantitative estimate of drug-likeness (QED) is 0.218. The number of esters is 1. The Labute approximate surface area is 198 Å². The van der Waals surface area contributed by atoms with Crippen LogP contribution in [0.4, 0.5) is 0 Å². The summed E-state index contributed by atoms with van der Waals surface area (Å²) in [6, 6.07) is 6.44. The van der Waals surface area contributed by atoms with Crippen molar-refractivity contribution in [2.75, 3.05) is 20.1 Å². The first-order chi connectivity index (χ1) is 15.1. The molecule has 0 heterocycles. The van der Waals surface area contributed by atoms with Crippen molar-refractivity contribution < 1.29 is 19.1 Å². The van der Waals surface area contributed by atoms with Crippen molar-refractivity contribution in [3.63, 3.8) is 0 Å². The van der Waals surface area contributed by atoms with Crippen molar-refractivity contribution in [3.05, 3.63) is 34.3 Å². The number of hydrogen-bond donors (Lipinski definition) is 4. The molecule has 0 radical (unpaired) electrons. The molecule has 0 bridgehead atoms. The van der Waals surface area contributed by atoms with Crippen LogP contribution in [0.3, 0.4) is 0 Å². The number of halogens is 1. The summed E-state index contributed by atoms with van der Waals surface area (Å²) in [5, 5.41) is 4.21. The summed E-state index contributed by atoms with van der Waals surface area (Å²) in [4.78, 5) is 36.9. The van der Waals surface area contributed by atoms with E-state index in [9.17, 15) is 14.4 Å². The van der Waals surface area contributed by atoms with E-state index in [0.717, 1.165) is 10.0 Å². The predicted octanol–water partition coefficient (Wildman–Crippen LogP) is 1.44. The number of rotatable bonds is 14. The van der Waals surface area contributed by atoms with E-state index in [2.05, 4.69) is 26.7 Å². The second-order valence-corrected chi connectivity index (χ2v) is 9.07. The molecule has 0 aliphatic rings. The van der Waals surface area contributed by atoms with Crippen LogP contribution in [0.1, 0.15) is 45.1 Å². The zero-order chi connectivity index (χ0) is 24.1. The van der Waals surface area contributed by atoms with Gasteiger partial charge in [-0.3, -0.25) is 19.8 Å². The molecule has 0 aliphatic carbocycles. The van der Waals surface area contributed by atoms with Crippen molar-refractivity contribution in [1.29, 1.82) is 0 Å². The number of ether oxygens (including phenoxy) is 1. The van der Waals surface area contributed by atoms with E-state index in [1.165, 1.54) is 5.01 Å². The minimum Gasteiger partial charge on any atom is -0.460 e. The molecule has 2 amide bonds. The summed E-state index contributed by atoms with van der Waals surface area (Å²) >= 11 is 3.40. The third-order valence-corrected chi connectivity index (χ3v) is 5.40. The minimum absolute atomic E-state index is 0.0521. The van der Waals surface area contributed by atoms with Gasteiger partial charge in [-0.25, -0.2) is 5.01 Å². The van der Waals surface area contributed by atoms with Gasteiger partial charge in [0.05, 0.1) is 6.04 Å². The Kier molecular flexibility index (Phi) is 13.1. The Hall–Kier alpha value is -2.01. The zero-order valence-corrected chi connectivity index (χ0v) is 20.7. The molecular weight excluding hydrogens is 478 g/mol. The average Bonchev–Trinajstić information content (AvgIpc) is 2.70. The van der Waals surface area contributed by atoms with Crippen molar-refractivity contribution in [2.45, 2.75) is 58.2 Å². The fraction of sp³-hybridized carbons (Fsp3) is 0.591. The van der Waals surface area contributed by atoms with Crippen LogP contribution in [0.2, 0.25) is 0 Å². The SMILES string of the molecule is CC(C)CC(N)C(=O)NC(CCCN)CC(=O)NN(C)CC(=O)OCc1ccccc1Br. The largest absolute Gasteiger partial charge is 0.460 e. The molecule has 0 saturated heterocycles. The molecule has 10 heteroatoms. The number of likely N-dealkylation sites (N-methyl/N-ethyl adjacent to an activating group) is 1. The molecule has 32 heavy (non-hydrogen) atoms. The van der Waals surface area contributed by atoms with Crippen LogP contribution < -0.4 is 22.2 Å². The highest BCUT2D eigenvalue weighted by molar-refractivity contribution is 9.10. The zero-order valence-electron chi connectivity index (χ0n) is 19.1. The third-order valence-electron chi connectivity index (χ3n) is 4.63. The molecule has 9 nitrogen and oxygen atoms in total. The van der Waals surface area contributed by atoms with Crippen LogP contribution in [-0.2, 0) is 25.7 Å². The van der Waals surface area contributed by atoms with Crippen LogP contribution >= 0.6 is 15.9 Å². The Morgan fingerprint density at radius 1 is 1.22 bits per heavy atom. The monoisotopic (exact) mass is 513 g/mol. The highest BCUT2D eigenvalue weighted by Crippen LogP contribution is 2.16. The number of nitrogens with zero attached hydrogens (tertiary/aromatic N) is 1.